The number of hydrogen-bond acceptors (Lipinski definition) is 5. The van der Waals surface area contributed by atoms with Crippen molar-refractivity contribution in [2.24, 2.45) is 0 Å². The molecule has 8 heteroatoms. The molecule has 2 aromatic rings. The van der Waals surface area contributed by atoms with Gasteiger partial charge in [0.2, 0.25) is 0 Å². The van der Waals surface area contributed by atoms with E-state index in [1.54, 1.807) is 62.8 Å². The fraction of sp³-hybridized carbons (Fsp3) is 0.391. The summed E-state index contributed by atoms with van der Waals surface area (Å²) in [4.78, 5) is 29.1. The summed E-state index contributed by atoms with van der Waals surface area (Å²) in [5, 5.41) is 12.9. The van der Waals surface area contributed by atoms with Gasteiger partial charge in [0.1, 0.15) is 24.1 Å². The second kappa shape index (κ2) is 8.56. The monoisotopic (exact) mass is 426 g/mol. The number of nitrogens with zero attached hydrogens (tertiary/aromatic N) is 1. The largest absolute Gasteiger partial charge is 0.497 e. The van der Waals surface area contributed by atoms with E-state index in [2.05, 4.69) is 5.32 Å². The molecule has 4 rings (SSSR count). The topological polar surface area (TPSA) is 92.5 Å². The second-order valence-electron chi connectivity index (χ2n) is 8.03. The Kier molecular flexibility index (Phi) is 5.84. The highest BCUT2D eigenvalue weighted by Crippen LogP contribution is 2.37. The maximum absolute atomic E-state index is 13.8. The van der Waals surface area contributed by atoms with Crippen LogP contribution in [0.25, 0.3) is 0 Å². The van der Waals surface area contributed by atoms with Crippen LogP contribution in [0.1, 0.15) is 24.0 Å². The van der Waals surface area contributed by atoms with Crippen LogP contribution in [0.2, 0.25) is 0 Å². The smallest absolute Gasteiger partial charge is 0.330 e. The molecular weight excluding hydrogens is 398 g/mol. The number of carbonyl (C=O) groups excluding carboxylic acids is 2. The number of amides is 3. The van der Waals surface area contributed by atoms with Gasteiger partial charge < -0.3 is 24.8 Å². The molecular formula is C23H28N3O5+. The number of rotatable bonds is 6. The summed E-state index contributed by atoms with van der Waals surface area (Å²) in [5.41, 5.74) is -0.0512. The summed E-state index contributed by atoms with van der Waals surface area (Å²) in [6.45, 7) is 1.55. The number of benzene rings is 2. The first-order valence-electron chi connectivity index (χ1n) is 10.4. The van der Waals surface area contributed by atoms with E-state index in [0.29, 0.717) is 29.2 Å². The summed E-state index contributed by atoms with van der Waals surface area (Å²) in [5.74, 6) is 0.989. The SMILES string of the molecule is COc1ccc(C2(c3ccc(OC)cc3)NC(=O)N(C[NH+]3CCC[C@@H](O)C3)C2=O)cc1. The Morgan fingerprint density at radius 3 is 2.06 bits per heavy atom. The highest BCUT2D eigenvalue weighted by Gasteiger charge is 2.54. The Hall–Kier alpha value is -3.10. The van der Waals surface area contributed by atoms with Gasteiger partial charge in [-0.1, -0.05) is 24.3 Å². The number of nitrogens with one attached hydrogen (secondary N) is 2. The number of hydrogen-bond donors (Lipinski definition) is 3. The molecule has 1 unspecified atom stereocenters. The van der Waals surface area contributed by atoms with E-state index in [1.807, 2.05) is 0 Å². The Morgan fingerprint density at radius 1 is 1.03 bits per heavy atom. The van der Waals surface area contributed by atoms with Gasteiger partial charge in [-0.15, -0.1) is 0 Å². The number of carbonyl (C=O) groups is 2. The normalized spacial score (nSPS) is 22.9. The summed E-state index contributed by atoms with van der Waals surface area (Å²) >= 11 is 0. The molecule has 3 N–H and O–H groups in total. The van der Waals surface area contributed by atoms with Crippen LogP contribution < -0.4 is 19.7 Å². The van der Waals surface area contributed by atoms with Gasteiger partial charge in [-0.3, -0.25) is 4.79 Å². The molecule has 0 spiro atoms. The number of quaternary nitrogens is 1. The van der Waals surface area contributed by atoms with Crippen molar-refractivity contribution >= 4 is 11.9 Å². The first kappa shape index (κ1) is 21.1. The van der Waals surface area contributed by atoms with Crippen LogP contribution in [0, 0.1) is 0 Å². The van der Waals surface area contributed by atoms with Gasteiger partial charge in [-0.25, -0.2) is 9.69 Å². The number of methoxy groups -OCH3 is 2. The predicted molar refractivity (Wildman–Crippen MR) is 113 cm³/mol. The zero-order valence-electron chi connectivity index (χ0n) is 17.8. The molecule has 8 nitrogen and oxygen atoms in total. The third-order valence-corrected chi connectivity index (χ3v) is 6.13. The lowest BCUT2D eigenvalue weighted by atomic mass is 9.82. The Balaban J connectivity index is 1.73. The lowest BCUT2D eigenvalue weighted by molar-refractivity contribution is -0.915. The quantitative estimate of drug-likeness (QED) is 0.585. The molecule has 0 bridgehead atoms. The number of urea groups is 1. The first-order chi connectivity index (χ1) is 15.0. The number of imide groups is 1. The zero-order valence-corrected chi connectivity index (χ0v) is 17.8. The van der Waals surface area contributed by atoms with Gasteiger partial charge in [0, 0.05) is 0 Å². The van der Waals surface area contributed by atoms with Crippen molar-refractivity contribution in [1.82, 2.24) is 10.2 Å². The van der Waals surface area contributed by atoms with E-state index in [1.165, 1.54) is 4.90 Å². The lowest BCUT2D eigenvalue weighted by Gasteiger charge is -2.31. The number of aliphatic hydroxyl groups is 1. The fourth-order valence-electron chi connectivity index (χ4n) is 4.45. The van der Waals surface area contributed by atoms with Crippen LogP contribution in [0.15, 0.2) is 48.5 Å². The minimum Gasteiger partial charge on any atom is -0.497 e. The van der Waals surface area contributed by atoms with Gasteiger partial charge in [-0.05, 0) is 48.2 Å². The van der Waals surface area contributed by atoms with Crippen LogP contribution in [0.3, 0.4) is 0 Å². The van der Waals surface area contributed by atoms with E-state index < -0.39 is 17.7 Å². The highest BCUT2D eigenvalue weighted by molar-refractivity contribution is 6.09. The Labute approximate surface area is 181 Å². The van der Waals surface area contributed by atoms with Crippen LogP contribution >= 0.6 is 0 Å². The fourth-order valence-corrected chi connectivity index (χ4v) is 4.45. The van der Waals surface area contributed by atoms with E-state index in [4.69, 9.17) is 9.47 Å². The number of piperidine rings is 1. The number of likely N-dealkylation sites (tertiary alicyclic amines) is 1. The van der Waals surface area contributed by atoms with Crippen molar-refractivity contribution in [3.63, 3.8) is 0 Å². The van der Waals surface area contributed by atoms with Gasteiger partial charge in [0.25, 0.3) is 5.91 Å². The molecule has 0 aromatic heterocycles. The van der Waals surface area contributed by atoms with Crippen LogP contribution in [-0.4, -0.2) is 62.0 Å². The molecule has 2 saturated heterocycles. The maximum Gasteiger partial charge on any atom is 0.330 e. The highest BCUT2D eigenvalue weighted by atomic mass is 16.5. The van der Waals surface area contributed by atoms with E-state index in [9.17, 15) is 14.7 Å². The van der Waals surface area contributed by atoms with Crippen molar-refractivity contribution in [2.75, 3.05) is 34.0 Å². The molecule has 0 saturated carbocycles. The number of aliphatic hydroxyl groups excluding tert-OH is 1. The van der Waals surface area contributed by atoms with Gasteiger partial charge in [0.05, 0.1) is 20.8 Å². The van der Waals surface area contributed by atoms with Gasteiger partial charge in [-0.2, -0.15) is 0 Å². The van der Waals surface area contributed by atoms with Crippen molar-refractivity contribution in [2.45, 2.75) is 24.5 Å². The van der Waals surface area contributed by atoms with Gasteiger partial charge >= 0.3 is 6.03 Å². The third kappa shape index (κ3) is 3.84. The van der Waals surface area contributed by atoms with Crippen molar-refractivity contribution in [3.8, 4) is 11.5 Å². The van der Waals surface area contributed by atoms with Crippen molar-refractivity contribution in [3.05, 3.63) is 59.7 Å². The standard InChI is InChI=1S/C23H27N3O5/c1-30-19-9-5-16(6-10-19)23(17-7-11-20(31-2)12-8-17)21(28)26(22(29)24-23)15-25-13-3-4-18(27)14-25/h5-12,18,27H,3-4,13-15H2,1-2H3,(H,24,29)/p+1/t18-/m1/s1. The molecule has 0 aliphatic carbocycles. The molecule has 164 valence electrons. The second-order valence-corrected chi connectivity index (χ2v) is 8.03. The lowest BCUT2D eigenvalue weighted by Crippen LogP contribution is -3.15. The average molecular weight is 426 g/mol. The van der Waals surface area contributed by atoms with Crippen molar-refractivity contribution in [1.29, 1.82) is 0 Å². The molecule has 2 fully saturated rings. The third-order valence-electron chi connectivity index (χ3n) is 6.13. The molecule has 2 aromatic carbocycles. The maximum atomic E-state index is 13.8. The minimum absolute atomic E-state index is 0.218. The van der Waals surface area contributed by atoms with Gasteiger partial charge in [0.15, 0.2) is 12.2 Å². The molecule has 31 heavy (non-hydrogen) atoms. The van der Waals surface area contributed by atoms with Crippen molar-refractivity contribution < 1.29 is 29.1 Å². The summed E-state index contributed by atoms with van der Waals surface area (Å²) < 4.78 is 10.5. The molecule has 3 amide bonds. The Bertz CT molecular complexity index is 897. The molecule has 2 heterocycles. The van der Waals surface area contributed by atoms with E-state index >= 15 is 0 Å². The summed E-state index contributed by atoms with van der Waals surface area (Å²) in [6.07, 6.45) is 1.21. The van der Waals surface area contributed by atoms with E-state index in [-0.39, 0.29) is 12.6 Å². The Morgan fingerprint density at radius 2 is 1.58 bits per heavy atom. The molecule has 2 atom stereocenters. The summed E-state index contributed by atoms with van der Waals surface area (Å²) in [7, 11) is 3.16. The van der Waals surface area contributed by atoms with Crippen LogP contribution in [0.4, 0.5) is 4.79 Å². The van der Waals surface area contributed by atoms with Crippen LogP contribution in [0.5, 0.6) is 11.5 Å². The summed E-state index contributed by atoms with van der Waals surface area (Å²) in [6, 6.07) is 13.8. The predicted octanol–water partition coefficient (Wildman–Crippen LogP) is 0.496. The zero-order chi connectivity index (χ0) is 22.0. The van der Waals surface area contributed by atoms with E-state index in [0.717, 1.165) is 24.3 Å². The molecule has 2 aliphatic heterocycles. The molecule has 2 aliphatic rings. The average Bonchev–Trinajstić information content (AvgIpc) is 3.05. The molecule has 0 radical (unpaired) electrons. The first-order valence-corrected chi connectivity index (χ1v) is 10.4. The minimum atomic E-state index is -1.34. The number of ether oxygens (including phenoxy) is 2. The van der Waals surface area contributed by atoms with Crippen LogP contribution in [-0.2, 0) is 10.3 Å².